The average Bonchev–Trinajstić information content (AvgIpc) is 3.38. The van der Waals surface area contributed by atoms with Crippen molar-refractivity contribution in [1.29, 1.82) is 0 Å². The maximum atomic E-state index is 12.9. The number of benzene rings is 2. The summed E-state index contributed by atoms with van der Waals surface area (Å²) >= 11 is 5.01. The summed E-state index contributed by atoms with van der Waals surface area (Å²) in [5.74, 6) is 0.429. The normalized spacial score (nSPS) is 13.9. The van der Waals surface area contributed by atoms with Crippen LogP contribution in [0, 0.1) is 0 Å². The van der Waals surface area contributed by atoms with Gasteiger partial charge in [0.25, 0.3) is 0 Å². The Morgan fingerprint density at radius 1 is 1.12 bits per heavy atom. The highest BCUT2D eigenvalue weighted by molar-refractivity contribution is 8.00. The first kappa shape index (κ1) is 21.6. The van der Waals surface area contributed by atoms with Gasteiger partial charge in [0.05, 0.1) is 16.0 Å². The van der Waals surface area contributed by atoms with Crippen LogP contribution in [-0.2, 0) is 17.8 Å². The molecule has 1 N–H and O–H groups in total. The Kier molecular flexibility index (Phi) is 6.59. The van der Waals surface area contributed by atoms with Crippen molar-refractivity contribution in [3.05, 3.63) is 65.0 Å². The van der Waals surface area contributed by atoms with Gasteiger partial charge in [-0.05, 0) is 49.2 Å². The van der Waals surface area contributed by atoms with E-state index in [1.807, 2.05) is 36.4 Å². The Hall–Kier alpha value is -2.19. The highest BCUT2D eigenvalue weighted by Gasteiger charge is 2.27. The Balaban J connectivity index is 1.45. The van der Waals surface area contributed by atoms with Crippen LogP contribution in [0.15, 0.2) is 59.5 Å². The van der Waals surface area contributed by atoms with Crippen molar-refractivity contribution in [2.75, 3.05) is 24.2 Å². The van der Waals surface area contributed by atoms with Crippen molar-refractivity contribution < 1.29 is 4.79 Å². The number of amides is 1. The van der Waals surface area contributed by atoms with E-state index in [2.05, 4.69) is 35.3 Å². The van der Waals surface area contributed by atoms with Crippen molar-refractivity contribution in [1.82, 2.24) is 9.88 Å². The molecule has 5 rings (SSSR count). The highest BCUT2D eigenvalue weighted by Crippen LogP contribution is 2.45. The van der Waals surface area contributed by atoms with Crippen molar-refractivity contribution >= 4 is 55.6 Å². The molecular formula is C25H25N3OS3. The lowest BCUT2D eigenvalue weighted by molar-refractivity contribution is -0.113. The Labute approximate surface area is 200 Å². The Morgan fingerprint density at radius 2 is 1.94 bits per heavy atom. The number of hydrogen-bond acceptors (Lipinski definition) is 6. The molecular weight excluding hydrogens is 454 g/mol. The van der Waals surface area contributed by atoms with Gasteiger partial charge in [-0.15, -0.1) is 34.4 Å². The zero-order chi connectivity index (χ0) is 21.9. The highest BCUT2D eigenvalue weighted by atomic mass is 32.2. The van der Waals surface area contributed by atoms with Crippen LogP contribution in [0.4, 0.5) is 5.00 Å². The van der Waals surface area contributed by atoms with Gasteiger partial charge in [-0.3, -0.25) is 9.69 Å². The fraction of sp³-hybridized carbons (Fsp3) is 0.280. The first-order chi connectivity index (χ1) is 15.7. The zero-order valence-electron chi connectivity index (χ0n) is 18.0. The quantitative estimate of drug-likeness (QED) is 0.306. The summed E-state index contributed by atoms with van der Waals surface area (Å²) in [7, 11) is 0. The van der Waals surface area contributed by atoms with Crippen molar-refractivity contribution in [3.63, 3.8) is 0 Å². The van der Waals surface area contributed by atoms with E-state index in [1.54, 1.807) is 34.4 Å². The monoisotopic (exact) mass is 479 g/mol. The number of fused-ring (bicyclic) bond motifs is 2. The number of rotatable bonds is 7. The number of carbonyl (C=O) groups is 1. The van der Waals surface area contributed by atoms with Crippen LogP contribution in [0.5, 0.6) is 0 Å². The molecule has 164 valence electrons. The molecule has 3 heterocycles. The molecule has 0 aliphatic carbocycles. The van der Waals surface area contributed by atoms with Gasteiger partial charge in [0, 0.05) is 28.4 Å². The van der Waals surface area contributed by atoms with E-state index in [0.29, 0.717) is 5.75 Å². The summed E-state index contributed by atoms with van der Waals surface area (Å²) in [6, 6.07) is 18.3. The molecule has 0 saturated carbocycles. The standard InChI is InChI=1S/C25H25N3OS3/c1-2-13-28-14-12-18-21(15-28)32-25(27-22(29)16-30-17-8-4-3-5-9-17)23(18)24-26-19-10-6-7-11-20(19)31-24/h3-11H,2,12-16H2,1H3,(H,27,29). The maximum Gasteiger partial charge on any atom is 0.235 e. The first-order valence-electron chi connectivity index (χ1n) is 10.9. The van der Waals surface area contributed by atoms with Crippen LogP contribution >= 0.6 is 34.4 Å². The molecule has 1 amide bonds. The lowest BCUT2D eigenvalue weighted by atomic mass is 10.0. The fourth-order valence-corrected chi connectivity index (χ4v) is 7.22. The fourth-order valence-electron chi connectivity index (χ4n) is 4.09. The number of para-hydroxylation sites is 1. The summed E-state index contributed by atoms with van der Waals surface area (Å²) in [6.45, 7) is 5.36. The lowest BCUT2D eigenvalue weighted by Crippen LogP contribution is -2.30. The maximum absolute atomic E-state index is 12.9. The predicted octanol–water partition coefficient (Wildman–Crippen LogP) is 6.52. The third-order valence-electron chi connectivity index (χ3n) is 5.55. The average molecular weight is 480 g/mol. The molecule has 1 aliphatic rings. The lowest BCUT2D eigenvalue weighted by Gasteiger charge is -2.26. The molecule has 4 aromatic rings. The van der Waals surface area contributed by atoms with Crippen molar-refractivity contribution in [2.45, 2.75) is 31.2 Å². The summed E-state index contributed by atoms with van der Waals surface area (Å²) < 4.78 is 1.18. The molecule has 0 bridgehead atoms. The number of nitrogens with one attached hydrogen (secondary N) is 1. The van der Waals surface area contributed by atoms with Crippen molar-refractivity contribution in [3.8, 4) is 10.6 Å². The molecule has 4 nitrogen and oxygen atoms in total. The van der Waals surface area contributed by atoms with E-state index in [9.17, 15) is 4.79 Å². The van der Waals surface area contributed by atoms with Gasteiger partial charge in [-0.25, -0.2) is 4.98 Å². The van der Waals surface area contributed by atoms with Crippen LogP contribution in [-0.4, -0.2) is 34.6 Å². The van der Waals surface area contributed by atoms with Gasteiger partial charge in [0.15, 0.2) is 0 Å². The number of anilines is 1. The number of nitrogens with zero attached hydrogens (tertiary/aromatic N) is 2. The third kappa shape index (κ3) is 4.62. The van der Waals surface area contributed by atoms with Crippen LogP contribution in [0.3, 0.4) is 0 Å². The smallest absolute Gasteiger partial charge is 0.235 e. The third-order valence-corrected chi connectivity index (χ3v) is 8.75. The van der Waals surface area contributed by atoms with Gasteiger partial charge < -0.3 is 5.32 Å². The number of thioether (sulfide) groups is 1. The van der Waals surface area contributed by atoms with E-state index >= 15 is 0 Å². The molecule has 0 saturated heterocycles. The largest absolute Gasteiger partial charge is 0.316 e. The van der Waals surface area contributed by atoms with Gasteiger partial charge in [-0.2, -0.15) is 0 Å². The molecule has 0 spiro atoms. The van der Waals surface area contributed by atoms with Crippen molar-refractivity contribution in [2.24, 2.45) is 0 Å². The molecule has 0 atom stereocenters. The number of thiophene rings is 1. The van der Waals surface area contributed by atoms with Gasteiger partial charge in [0.2, 0.25) is 5.91 Å². The molecule has 0 fully saturated rings. The number of thiazole rings is 1. The van der Waals surface area contributed by atoms with E-state index < -0.39 is 0 Å². The predicted molar refractivity (Wildman–Crippen MR) is 138 cm³/mol. The number of hydrogen-bond donors (Lipinski definition) is 1. The van der Waals surface area contributed by atoms with E-state index in [-0.39, 0.29) is 5.91 Å². The number of aromatic nitrogens is 1. The molecule has 0 radical (unpaired) electrons. The second kappa shape index (κ2) is 9.75. The Morgan fingerprint density at radius 3 is 2.75 bits per heavy atom. The first-order valence-corrected chi connectivity index (χ1v) is 13.5. The molecule has 2 aromatic heterocycles. The second-order valence-electron chi connectivity index (χ2n) is 7.87. The molecule has 0 unspecified atom stereocenters. The zero-order valence-corrected chi connectivity index (χ0v) is 20.4. The Bertz CT molecular complexity index is 1200. The van der Waals surface area contributed by atoms with Crippen LogP contribution in [0.1, 0.15) is 23.8 Å². The minimum atomic E-state index is 0.0326. The van der Waals surface area contributed by atoms with Gasteiger partial charge in [0.1, 0.15) is 10.0 Å². The van der Waals surface area contributed by atoms with Gasteiger partial charge in [-0.1, -0.05) is 37.3 Å². The molecule has 1 aliphatic heterocycles. The number of carbonyl (C=O) groups excluding carboxylic acids is 1. The molecule has 7 heteroatoms. The molecule has 2 aromatic carbocycles. The summed E-state index contributed by atoms with van der Waals surface area (Å²) in [5.41, 5.74) is 3.53. The minimum Gasteiger partial charge on any atom is -0.316 e. The molecule has 32 heavy (non-hydrogen) atoms. The summed E-state index contributed by atoms with van der Waals surface area (Å²) in [6.07, 6.45) is 2.16. The van der Waals surface area contributed by atoms with E-state index in [1.165, 1.54) is 15.1 Å². The minimum absolute atomic E-state index is 0.0326. The SMILES string of the molecule is CCCN1CCc2c(sc(NC(=O)CSc3ccccc3)c2-c2nc3ccccc3s2)C1. The van der Waals surface area contributed by atoms with Crippen LogP contribution in [0.25, 0.3) is 20.8 Å². The summed E-state index contributed by atoms with van der Waals surface area (Å²) in [5, 5.41) is 5.20. The van der Waals surface area contributed by atoms with E-state index in [4.69, 9.17) is 4.98 Å². The van der Waals surface area contributed by atoms with Crippen LogP contribution in [0.2, 0.25) is 0 Å². The topological polar surface area (TPSA) is 45.2 Å². The van der Waals surface area contributed by atoms with Crippen LogP contribution < -0.4 is 5.32 Å². The van der Waals surface area contributed by atoms with E-state index in [0.717, 1.165) is 58.5 Å². The summed E-state index contributed by atoms with van der Waals surface area (Å²) in [4.78, 5) is 22.8. The van der Waals surface area contributed by atoms with Gasteiger partial charge >= 0.3 is 0 Å². The second-order valence-corrected chi connectivity index (χ2v) is 11.1.